The van der Waals surface area contributed by atoms with Crippen LogP contribution in [0.4, 0.5) is 0 Å². The van der Waals surface area contributed by atoms with Gasteiger partial charge in [0.15, 0.2) is 0 Å². The standard InChI is InChI=1S/C19H31N3O.2ClH/c1-3-22(4-2)14-17-9-7-16(8-10-17)13-21-18(23)19(15-20)11-5-6-12-19;;/h7-10H,3-6,11-15,20H2,1-2H3,(H,21,23);2*1H. The molecule has 2 rings (SSSR count). The molecule has 1 amide bonds. The van der Waals surface area contributed by atoms with Gasteiger partial charge in [-0.25, -0.2) is 0 Å². The lowest BCUT2D eigenvalue weighted by molar-refractivity contribution is -0.130. The average Bonchev–Trinajstić information content (AvgIpc) is 3.09. The van der Waals surface area contributed by atoms with Gasteiger partial charge in [-0.3, -0.25) is 9.69 Å². The Kier molecular flexibility index (Phi) is 11.4. The molecule has 1 aliphatic rings. The molecule has 3 N–H and O–H groups in total. The zero-order chi connectivity index (χ0) is 16.7. The normalized spacial score (nSPS) is 15.4. The fourth-order valence-corrected chi connectivity index (χ4v) is 3.41. The Labute approximate surface area is 164 Å². The second kappa shape index (κ2) is 11.7. The molecule has 0 radical (unpaired) electrons. The minimum atomic E-state index is -0.317. The summed E-state index contributed by atoms with van der Waals surface area (Å²) in [6.45, 7) is 8.53. The maximum atomic E-state index is 12.5. The molecule has 0 unspecified atom stereocenters. The van der Waals surface area contributed by atoms with E-state index in [0.29, 0.717) is 13.1 Å². The van der Waals surface area contributed by atoms with E-state index in [4.69, 9.17) is 5.73 Å². The number of nitrogens with zero attached hydrogens (tertiary/aromatic N) is 1. The molecule has 144 valence electrons. The molecule has 0 heterocycles. The zero-order valence-electron chi connectivity index (χ0n) is 15.4. The number of rotatable bonds is 8. The molecule has 6 heteroatoms. The van der Waals surface area contributed by atoms with Crippen LogP contribution < -0.4 is 11.1 Å². The molecular weight excluding hydrogens is 357 g/mol. The Hall–Kier alpha value is -0.810. The molecule has 4 nitrogen and oxygen atoms in total. The monoisotopic (exact) mass is 389 g/mol. The Balaban J connectivity index is 0.00000288. The lowest BCUT2D eigenvalue weighted by atomic mass is 9.85. The predicted molar refractivity (Wildman–Crippen MR) is 109 cm³/mol. The molecule has 0 aromatic heterocycles. The predicted octanol–water partition coefficient (Wildman–Crippen LogP) is 3.51. The van der Waals surface area contributed by atoms with E-state index in [1.165, 1.54) is 5.56 Å². The number of benzene rings is 1. The number of nitrogens with one attached hydrogen (secondary N) is 1. The van der Waals surface area contributed by atoms with Gasteiger partial charge in [-0.05, 0) is 37.1 Å². The summed E-state index contributed by atoms with van der Waals surface area (Å²) in [4.78, 5) is 14.9. The van der Waals surface area contributed by atoms with Gasteiger partial charge in [0.1, 0.15) is 0 Å². The van der Waals surface area contributed by atoms with Crippen LogP contribution >= 0.6 is 24.8 Å². The van der Waals surface area contributed by atoms with Gasteiger partial charge in [0.05, 0.1) is 5.41 Å². The maximum absolute atomic E-state index is 12.5. The summed E-state index contributed by atoms with van der Waals surface area (Å²) in [5, 5.41) is 3.09. The van der Waals surface area contributed by atoms with E-state index < -0.39 is 0 Å². The summed E-state index contributed by atoms with van der Waals surface area (Å²) in [7, 11) is 0. The summed E-state index contributed by atoms with van der Waals surface area (Å²) in [5.74, 6) is 0.129. The molecule has 0 spiro atoms. The summed E-state index contributed by atoms with van der Waals surface area (Å²) in [5.41, 5.74) is 8.01. The zero-order valence-corrected chi connectivity index (χ0v) is 17.1. The molecule has 0 saturated heterocycles. The Morgan fingerprint density at radius 3 is 2.08 bits per heavy atom. The third-order valence-electron chi connectivity index (χ3n) is 5.21. The van der Waals surface area contributed by atoms with Gasteiger partial charge in [0.25, 0.3) is 0 Å². The molecule has 0 aliphatic heterocycles. The van der Waals surface area contributed by atoms with Crippen molar-refractivity contribution < 1.29 is 4.79 Å². The van der Waals surface area contributed by atoms with Crippen molar-refractivity contribution in [1.82, 2.24) is 10.2 Å². The van der Waals surface area contributed by atoms with E-state index in [2.05, 4.69) is 48.3 Å². The number of carbonyl (C=O) groups excluding carboxylic acids is 1. The first-order valence-electron chi connectivity index (χ1n) is 8.92. The summed E-state index contributed by atoms with van der Waals surface area (Å²) in [6, 6.07) is 8.55. The fourth-order valence-electron chi connectivity index (χ4n) is 3.41. The minimum absolute atomic E-state index is 0. The number of amides is 1. The quantitative estimate of drug-likeness (QED) is 0.714. The lowest BCUT2D eigenvalue weighted by Gasteiger charge is -2.25. The van der Waals surface area contributed by atoms with E-state index in [1.54, 1.807) is 0 Å². The van der Waals surface area contributed by atoms with E-state index in [9.17, 15) is 4.79 Å². The molecule has 0 atom stereocenters. The molecule has 25 heavy (non-hydrogen) atoms. The van der Waals surface area contributed by atoms with Crippen molar-refractivity contribution in [2.24, 2.45) is 11.1 Å². The van der Waals surface area contributed by atoms with Gasteiger partial charge < -0.3 is 11.1 Å². The van der Waals surface area contributed by atoms with Crippen molar-refractivity contribution in [1.29, 1.82) is 0 Å². The SMILES string of the molecule is CCN(CC)Cc1ccc(CNC(=O)C2(CN)CCCC2)cc1.Cl.Cl. The number of carbonyl (C=O) groups is 1. The Morgan fingerprint density at radius 1 is 1.08 bits per heavy atom. The minimum Gasteiger partial charge on any atom is -0.352 e. The van der Waals surface area contributed by atoms with Crippen molar-refractivity contribution in [2.45, 2.75) is 52.6 Å². The van der Waals surface area contributed by atoms with Gasteiger partial charge in [0, 0.05) is 19.6 Å². The highest BCUT2D eigenvalue weighted by molar-refractivity contribution is 5.85. The largest absolute Gasteiger partial charge is 0.352 e. The molecule has 0 bridgehead atoms. The molecule has 1 saturated carbocycles. The maximum Gasteiger partial charge on any atom is 0.227 e. The van der Waals surface area contributed by atoms with Crippen LogP contribution in [0, 0.1) is 5.41 Å². The van der Waals surface area contributed by atoms with Crippen LogP contribution in [-0.4, -0.2) is 30.4 Å². The number of hydrogen-bond acceptors (Lipinski definition) is 3. The van der Waals surface area contributed by atoms with Gasteiger partial charge in [-0.1, -0.05) is 51.0 Å². The lowest BCUT2D eigenvalue weighted by Crippen LogP contribution is -2.43. The van der Waals surface area contributed by atoms with Crippen LogP contribution in [0.5, 0.6) is 0 Å². The van der Waals surface area contributed by atoms with Crippen LogP contribution in [0.15, 0.2) is 24.3 Å². The van der Waals surface area contributed by atoms with E-state index in [0.717, 1.165) is 50.9 Å². The van der Waals surface area contributed by atoms with Gasteiger partial charge >= 0.3 is 0 Å². The smallest absolute Gasteiger partial charge is 0.227 e. The number of halogens is 2. The molecule has 1 aromatic rings. The van der Waals surface area contributed by atoms with E-state index in [1.807, 2.05) is 0 Å². The van der Waals surface area contributed by atoms with Crippen LogP contribution in [0.1, 0.15) is 50.7 Å². The Bertz CT molecular complexity index is 498. The molecule has 1 aromatic carbocycles. The number of hydrogen-bond donors (Lipinski definition) is 2. The highest BCUT2D eigenvalue weighted by atomic mass is 35.5. The van der Waals surface area contributed by atoms with E-state index >= 15 is 0 Å². The van der Waals surface area contributed by atoms with Crippen LogP contribution in [0.25, 0.3) is 0 Å². The highest BCUT2D eigenvalue weighted by Crippen LogP contribution is 2.37. The van der Waals surface area contributed by atoms with Gasteiger partial charge in [-0.15, -0.1) is 24.8 Å². The van der Waals surface area contributed by atoms with Crippen LogP contribution in [0.2, 0.25) is 0 Å². The van der Waals surface area contributed by atoms with Crippen LogP contribution in [0.3, 0.4) is 0 Å². The van der Waals surface area contributed by atoms with Crippen molar-refractivity contribution in [3.05, 3.63) is 35.4 Å². The van der Waals surface area contributed by atoms with Gasteiger partial charge in [-0.2, -0.15) is 0 Å². The molecule has 1 fully saturated rings. The topological polar surface area (TPSA) is 58.4 Å². The third-order valence-corrected chi connectivity index (χ3v) is 5.21. The molecule has 1 aliphatic carbocycles. The first-order chi connectivity index (χ1) is 11.1. The summed E-state index contributed by atoms with van der Waals surface area (Å²) < 4.78 is 0. The Morgan fingerprint density at radius 2 is 1.60 bits per heavy atom. The van der Waals surface area contributed by atoms with Gasteiger partial charge in [0.2, 0.25) is 5.91 Å². The average molecular weight is 390 g/mol. The summed E-state index contributed by atoms with van der Waals surface area (Å²) >= 11 is 0. The second-order valence-electron chi connectivity index (χ2n) is 6.65. The fraction of sp³-hybridized carbons (Fsp3) is 0.632. The van der Waals surface area contributed by atoms with Crippen molar-refractivity contribution >= 4 is 30.7 Å². The van der Waals surface area contributed by atoms with Crippen LogP contribution in [-0.2, 0) is 17.9 Å². The van der Waals surface area contributed by atoms with E-state index in [-0.39, 0.29) is 36.1 Å². The third kappa shape index (κ3) is 6.45. The van der Waals surface area contributed by atoms with Crippen molar-refractivity contribution in [2.75, 3.05) is 19.6 Å². The van der Waals surface area contributed by atoms with Crippen molar-refractivity contribution in [3.63, 3.8) is 0 Å². The first kappa shape index (κ1) is 24.2. The first-order valence-corrected chi connectivity index (χ1v) is 8.92. The van der Waals surface area contributed by atoms with Crippen molar-refractivity contribution in [3.8, 4) is 0 Å². The molecular formula is C19H33Cl2N3O. The second-order valence-corrected chi connectivity index (χ2v) is 6.65. The highest BCUT2D eigenvalue weighted by Gasteiger charge is 2.39. The summed E-state index contributed by atoms with van der Waals surface area (Å²) in [6.07, 6.45) is 4.09. The number of nitrogens with two attached hydrogens (primary N) is 1.